The summed E-state index contributed by atoms with van der Waals surface area (Å²) in [4.78, 5) is 4.27. The first-order valence-corrected chi connectivity index (χ1v) is 3.91. The van der Waals surface area contributed by atoms with Gasteiger partial charge in [0.1, 0.15) is 0 Å². The molecule has 0 aliphatic rings. The Balaban J connectivity index is 2.71. The molecule has 0 fully saturated rings. The van der Waals surface area contributed by atoms with E-state index in [1.54, 1.807) is 0 Å². The number of hydrogen-bond donors (Lipinski definition) is 1. The summed E-state index contributed by atoms with van der Waals surface area (Å²) < 4.78 is 2.04. The number of fused-ring (bicyclic) bond motifs is 1. The Kier molecular flexibility index (Phi) is 1.59. The van der Waals surface area contributed by atoms with Crippen molar-refractivity contribution in [2.24, 2.45) is 12.8 Å². The molecule has 0 aliphatic heterocycles. The van der Waals surface area contributed by atoms with E-state index in [9.17, 15) is 0 Å². The van der Waals surface area contributed by atoms with E-state index < -0.39 is 0 Å². The van der Waals surface area contributed by atoms with E-state index in [0.29, 0.717) is 6.54 Å². The number of rotatable bonds is 1. The standard InChI is InChI=1S/C9H11N3/c1-12-3-2-8-9(12)4-7(5-10)6-11-8/h2-4,6H,5,10H2,1H3. The Morgan fingerprint density at radius 1 is 1.58 bits per heavy atom. The van der Waals surface area contributed by atoms with Crippen LogP contribution in [0.15, 0.2) is 24.5 Å². The van der Waals surface area contributed by atoms with Crippen molar-refractivity contribution in [1.29, 1.82) is 0 Å². The molecule has 12 heavy (non-hydrogen) atoms. The molecule has 0 amide bonds. The normalized spacial score (nSPS) is 10.8. The quantitative estimate of drug-likeness (QED) is 0.679. The maximum absolute atomic E-state index is 5.51. The molecule has 2 heterocycles. The second-order valence-corrected chi connectivity index (χ2v) is 2.88. The molecule has 2 N–H and O–H groups in total. The van der Waals surface area contributed by atoms with Gasteiger partial charge in [0, 0.05) is 26.0 Å². The van der Waals surface area contributed by atoms with Crippen LogP contribution in [-0.2, 0) is 13.6 Å². The maximum Gasteiger partial charge on any atom is 0.0881 e. The first-order chi connectivity index (χ1) is 5.81. The van der Waals surface area contributed by atoms with E-state index in [0.717, 1.165) is 16.6 Å². The Morgan fingerprint density at radius 2 is 2.42 bits per heavy atom. The van der Waals surface area contributed by atoms with Gasteiger partial charge >= 0.3 is 0 Å². The Bertz CT molecular complexity index is 403. The largest absolute Gasteiger partial charge is 0.349 e. The van der Waals surface area contributed by atoms with Crippen LogP contribution in [0.25, 0.3) is 11.0 Å². The van der Waals surface area contributed by atoms with E-state index >= 15 is 0 Å². The average molecular weight is 161 g/mol. The third-order valence-corrected chi connectivity index (χ3v) is 2.03. The van der Waals surface area contributed by atoms with Gasteiger partial charge in [0.25, 0.3) is 0 Å². The molecule has 2 aromatic heterocycles. The molecule has 3 heteroatoms. The highest BCUT2D eigenvalue weighted by Crippen LogP contribution is 2.12. The Morgan fingerprint density at radius 3 is 3.17 bits per heavy atom. The lowest BCUT2D eigenvalue weighted by molar-refractivity contribution is 0.962. The van der Waals surface area contributed by atoms with Crippen molar-refractivity contribution < 1.29 is 0 Å². The second-order valence-electron chi connectivity index (χ2n) is 2.88. The van der Waals surface area contributed by atoms with E-state index in [-0.39, 0.29) is 0 Å². The van der Waals surface area contributed by atoms with Crippen LogP contribution in [0, 0.1) is 0 Å². The third kappa shape index (κ3) is 0.987. The molecule has 0 unspecified atom stereocenters. The van der Waals surface area contributed by atoms with Gasteiger partial charge < -0.3 is 10.3 Å². The molecule has 0 saturated carbocycles. The molecule has 0 saturated heterocycles. The lowest BCUT2D eigenvalue weighted by atomic mass is 10.2. The minimum Gasteiger partial charge on any atom is -0.349 e. The van der Waals surface area contributed by atoms with E-state index in [1.165, 1.54) is 0 Å². The molecule has 0 bridgehead atoms. The number of pyridine rings is 1. The number of nitrogens with two attached hydrogens (primary N) is 1. The predicted molar refractivity (Wildman–Crippen MR) is 48.6 cm³/mol. The summed E-state index contributed by atoms with van der Waals surface area (Å²) in [6.07, 6.45) is 3.82. The van der Waals surface area contributed by atoms with Crippen LogP contribution < -0.4 is 5.73 Å². The van der Waals surface area contributed by atoms with Crippen LogP contribution in [0.2, 0.25) is 0 Å². The molecule has 3 nitrogen and oxygen atoms in total. The zero-order valence-corrected chi connectivity index (χ0v) is 6.99. The van der Waals surface area contributed by atoms with Gasteiger partial charge in [0.05, 0.1) is 11.0 Å². The molecule has 2 rings (SSSR count). The van der Waals surface area contributed by atoms with Crippen LogP contribution in [-0.4, -0.2) is 9.55 Å². The van der Waals surface area contributed by atoms with Crippen molar-refractivity contribution in [2.75, 3.05) is 0 Å². The minimum atomic E-state index is 0.550. The molecule has 0 aromatic carbocycles. The lowest BCUT2D eigenvalue weighted by Gasteiger charge is -1.98. The summed E-state index contributed by atoms with van der Waals surface area (Å²) in [6.45, 7) is 0.550. The molecule has 0 spiro atoms. The molecule has 0 atom stereocenters. The van der Waals surface area contributed by atoms with Gasteiger partial charge in [-0.05, 0) is 17.7 Å². The lowest BCUT2D eigenvalue weighted by Crippen LogP contribution is -1.97. The zero-order chi connectivity index (χ0) is 8.55. The highest BCUT2D eigenvalue weighted by Gasteiger charge is 1.98. The van der Waals surface area contributed by atoms with Crippen LogP contribution in [0.1, 0.15) is 5.56 Å². The second kappa shape index (κ2) is 2.60. The van der Waals surface area contributed by atoms with Gasteiger partial charge in [0.2, 0.25) is 0 Å². The van der Waals surface area contributed by atoms with Crippen LogP contribution in [0.5, 0.6) is 0 Å². The van der Waals surface area contributed by atoms with Crippen LogP contribution in [0.3, 0.4) is 0 Å². The molecule has 0 aliphatic carbocycles. The SMILES string of the molecule is Cn1ccc2ncc(CN)cc21. The molecule has 0 radical (unpaired) electrons. The van der Waals surface area contributed by atoms with E-state index in [2.05, 4.69) is 11.1 Å². The molecule has 2 aromatic rings. The van der Waals surface area contributed by atoms with Gasteiger partial charge in [-0.1, -0.05) is 0 Å². The van der Waals surface area contributed by atoms with Crippen molar-refractivity contribution in [3.05, 3.63) is 30.1 Å². The summed E-state index contributed by atoms with van der Waals surface area (Å²) in [5.74, 6) is 0. The Hall–Kier alpha value is -1.35. The minimum absolute atomic E-state index is 0.550. The van der Waals surface area contributed by atoms with Gasteiger partial charge in [-0.25, -0.2) is 0 Å². The number of nitrogens with zero attached hydrogens (tertiary/aromatic N) is 2. The van der Waals surface area contributed by atoms with Crippen molar-refractivity contribution in [3.8, 4) is 0 Å². The topological polar surface area (TPSA) is 43.8 Å². The van der Waals surface area contributed by atoms with Crippen LogP contribution in [0.4, 0.5) is 0 Å². The summed E-state index contributed by atoms with van der Waals surface area (Å²) >= 11 is 0. The summed E-state index contributed by atoms with van der Waals surface area (Å²) in [5.41, 5.74) is 8.74. The highest BCUT2D eigenvalue weighted by molar-refractivity contribution is 5.75. The average Bonchev–Trinajstić information content (AvgIpc) is 2.47. The third-order valence-electron chi connectivity index (χ3n) is 2.03. The first-order valence-electron chi connectivity index (χ1n) is 3.91. The van der Waals surface area contributed by atoms with Crippen molar-refractivity contribution in [1.82, 2.24) is 9.55 Å². The Labute approximate surface area is 70.8 Å². The predicted octanol–water partition coefficient (Wildman–Crippen LogP) is 1.03. The molecule has 62 valence electrons. The smallest absolute Gasteiger partial charge is 0.0881 e. The molecular weight excluding hydrogens is 150 g/mol. The van der Waals surface area contributed by atoms with E-state index in [4.69, 9.17) is 5.73 Å². The fourth-order valence-corrected chi connectivity index (χ4v) is 1.29. The fraction of sp³-hybridized carbons (Fsp3) is 0.222. The van der Waals surface area contributed by atoms with Gasteiger partial charge in [-0.15, -0.1) is 0 Å². The summed E-state index contributed by atoms with van der Waals surface area (Å²) in [5, 5.41) is 0. The van der Waals surface area contributed by atoms with Crippen molar-refractivity contribution >= 4 is 11.0 Å². The number of hydrogen-bond acceptors (Lipinski definition) is 2. The molecular formula is C9H11N3. The van der Waals surface area contributed by atoms with Crippen molar-refractivity contribution in [3.63, 3.8) is 0 Å². The highest BCUT2D eigenvalue weighted by atomic mass is 14.9. The zero-order valence-electron chi connectivity index (χ0n) is 6.99. The first kappa shape index (κ1) is 7.31. The fourth-order valence-electron chi connectivity index (χ4n) is 1.29. The van der Waals surface area contributed by atoms with Crippen LogP contribution >= 0.6 is 0 Å². The van der Waals surface area contributed by atoms with Gasteiger partial charge in [0.15, 0.2) is 0 Å². The van der Waals surface area contributed by atoms with Crippen molar-refractivity contribution in [2.45, 2.75) is 6.54 Å². The maximum atomic E-state index is 5.51. The summed E-state index contributed by atoms with van der Waals surface area (Å²) in [7, 11) is 2.00. The van der Waals surface area contributed by atoms with E-state index in [1.807, 2.05) is 30.1 Å². The number of aromatic nitrogens is 2. The summed E-state index contributed by atoms with van der Waals surface area (Å²) in [6, 6.07) is 4.07. The monoisotopic (exact) mass is 161 g/mol. The van der Waals surface area contributed by atoms with Gasteiger partial charge in [-0.3, -0.25) is 4.98 Å². The number of aryl methyl sites for hydroxylation is 1. The van der Waals surface area contributed by atoms with Gasteiger partial charge in [-0.2, -0.15) is 0 Å².